The van der Waals surface area contributed by atoms with Gasteiger partial charge in [-0.25, -0.2) is 0 Å². The zero-order valence-corrected chi connectivity index (χ0v) is 20.3. The van der Waals surface area contributed by atoms with E-state index < -0.39 is 0 Å². The Morgan fingerprint density at radius 3 is 2.37 bits per heavy atom. The van der Waals surface area contributed by atoms with E-state index in [4.69, 9.17) is 37.9 Å². The number of aliphatic hydroxyl groups excluding tert-OH is 1. The van der Waals surface area contributed by atoms with Crippen LogP contribution < -0.4 is 56.1 Å². The van der Waals surface area contributed by atoms with Gasteiger partial charge in [-0.3, -0.25) is 0 Å². The second kappa shape index (κ2) is 12.6. The van der Waals surface area contributed by atoms with Crippen molar-refractivity contribution in [1.82, 2.24) is 0 Å². The van der Waals surface area contributed by atoms with Crippen molar-refractivity contribution in [3.05, 3.63) is 62.5 Å². The molecule has 142 valence electrons. The number of nitrogens with zero attached hydrogens (tertiary/aromatic N) is 1. The summed E-state index contributed by atoms with van der Waals surface area (Å²) >= 11 is 12.7. The van der Waals surface area contributed by atoms with Gasteiger partial charge in [0.05, 0.1) is 6.61 Å². The van der Waals surface area contributed by atoms with Gasteiger partial charge in [-0.15, -0.1) is 0 Å². The van der Waals surface area contributed by atoms with Crippen LogP contribution in [0.4, 0.5) is 0 Å². The summed E-state index contributed by atoms with van der Waals surface area (Å²) in [6, 6.07) is 8.87. The van der Waals surface area contributed by atoms with Crippen molar-refractivity contribution in [1.29, 1.82) is 0 Å². The number of hydrogen-bond donors (Lipinski definition) is 2. The first-order chi connectivity index (χ1) is 12.4. The second-order valence-corrected chi connectivity index (χ2v) is 6.86. The molecule has 27 heavy (non-hydrogen) atoms. The Morgan fingerprint density at radius 2 is 1.78 bits per heavy atom. The van der Waals surface area contributed by atoms with Crippen LogP contribution in [0.2, 0.25) is 10.0 Å². The van der Waals surface area contributed by atoms with Crippen LogP contribution in [0.3, 0.4) is 0 Å². The Bertz CT molecular complexity index is 721. The van der Waals surface area contributed by atoms with E-state index in [9.17, 15) is 5.11 Å². The second-order valence-electron chi connectivity index (χ2n) is 6.05. The van der Waals surface area contributed by atoms with Crippen molar-refractivity contribution in [3.63, 3.8) is 0 Å². The topological polar surface area (TPSA) is 73.0 Å². The average molecular weight is 438 g/mol. The van der Waals surface area contributed by atoms with E-state index in [0.717, 1.165) is 16.7 Å². The van der Waals surface area contributed by atoms with Crippen molar-refractivity contribution in [2.45, 2.75) is 26.2 Å². The van der Waals surface area contributed by atoms with Gasteiger partial charge in [-0.2, -0.15) is 0 Å². The first kappa shape index (κ1) is 25.2. The van der Waals surface area contributed by atoms with Gasteiger partial charge in [-0.1, -0.05) is 49.2 Å². The summed E-state index contributed by atoms with van der Waals surface area (Å²) in [5, 5.41) is 19.5. The van der Waals surface area contributed by atoms with Crippen LogP contribution in [-0.4, -0.2) is 30.2 Å². The van der Waals surface area contributed by atoms with Crippen molar-refractivity contribution < 1.29 is 71.2 Å². The third-order valence-electron chi connectivity index (χ3n) is 3.77. The molecule has 0 bridgehead atoms. The number of aromatic hydroxyl groups is 1. The Morgan fingerprint density at radius 1 is 1.11 bits per heavy atom. The van der Waals surface area contributed by atoms with Crippen LogP contribution in [0.25, 0.3) is 5.48 Å². The number of halogens is 2. The van der Waals surface area contributed by atoms with Crippen LogP contribution in [0.15, 0.2) is 30.3 Å². The maximum atomic E-state index is 9.95. The molecule has 5 nitrogen and oxygen atoms in total. The molecule has 2 aromatic carbocycles. The van der Waals surface area contributed by atoms with Gasteiger partial charge in [0.1, 0.15) is 11.5 Å². The molecule has 2 N–H and O–H groups in total. The van der Waals surface area contributed by atoms with Crippen molar-refractivity contribution in [3.8, 4) is 11.5 Å². The van der Waals surface area contributed by atoms with Crippen LogP contribution >= 0.6 is 23.2 Å². The minimum Gasteiger partial charge on any atom is -0.513 e. The first-order valence-electron chi connectivity index (χ1n) is 8.24. The van der Waals surface area contributed by atoms with Crippen molar-refractivity contribution >= 4 is 23.2 Å². The third-order valence-corrected chi connectivity index (χ3v) is 4.44. The Kier molecular flexibility index (Phi) is 11.8. The number of hydroxylamine groups is 1. The van der Waals surface area contributed by atoms with E-state index in [2.05, 4.69) is 5.48 Å². The molecule has 0 saturated heterocycles. The molecule has 0 amide bonds. The summed E-state index contributed by atoms with van der Waals surface area (Å²) in [5.74, 6) is 0.985. The van der Waals surface area contributed by atoms with E-state index >= 15 is 0 Å². The molecule has 0 aliphatic rings. The maximum Gasteiger partial charge on any atom is 1.00 e. The SMILES string of the molecule is CC(C)c1cc(Cc2c(Cl)cc(OC[N-]OCCO)cc2Cl)ccc1O.[K+]. The Balaban J connectivity index is 0.00000364. The van der Waals surface area contributed by atoms with Gasteiger partial charge in [0.15, 0.2) is 0 Å². The first-order valence-corrected chi connectivity index (χ1v) is 9.00. The average Bonchev–Trinajstić information content (AvgIpc) is 2.59. The maximum absolute atomic E-state index is 9.95. The zero-order chi connectivity index (χ0) is 19.1. The number of benzene rings is 2. The van der Waals surface area contributed by atoms with Gasteiger partial charge in [0.2, 0.25) is 0 Å². The molecule has 0 heterocycles. The monoisotopic (exact) mass is 437 g/mol. The molecule has 0 spiro atoms. The fourth-order valence-corrected chi connectivity index (χ4v) is 3.06. The normalized spacial score (nSPS) is 10.7. The Labute approximate surface area is 212 Å². The van der Waals surface area contributed by atoms with Crippen LogP contribution in [0.5, 0.6) is 11.5 Å². The summed E-state index contributed by atoms with van der Waals surface area (Å²) in [6.45, 7) is 4.04. The molecule has 0 fully saturated rings. The van der Waals surface area contributed by atoms with Crippen molar-refractivity contribution in [2.24, 2.45) is 0 Å². The molecule has 0 aliphatic carbocycles. The number of rotatable bonds is 9. The fraction of sp³-hybridized carbons (Fsp3) is 0.368. The fourth-order valence-electron chi connectivity index (χ4n) is 2.46. The van der Waals surface area contributed by atoms with E-state index in [1.54, 1.807) is 18.2 Å². The minimum absolute atomic E-state index is 0. The molecular weight excluding hydrogens is 416 g/mol. The van der Waals surface area contributed by atoms with E-state index in [1.165, 1.54) is 0 Å². The van der Waals surface area contributed by atoms with Gasteiger partial charge in [0, 0.05) is 29.8 Å². The Hall–Kier alpha value is 0.136. The van der Waals surface area contributed by atoms with E-state index in [1.807, 2.05) is 26.0 Å². The van der Waals surface area contributed by atoms with Gasteiger partial charge in [-0.05, 0) is 40.8 Å². The smallest absolute Gasteiger partial charge is 0.513 e. The molecule has 0 aromatic heterocycles. The molecule has 2 aromatic rings. The number of ether oxygens (including phenoxy) is 1. The molecule has 0 radical (unpaired) electrons. The molecular formula is C19H22Cl2KNO4. The summed E-state index contributed by atoms with van der Waals surface area (Å²) in [4.78, 5) is 4.77. The summed E-state index contributed by atoms with van der Waals surface area (Å²) in [5.41, 5.74) is 6.33. The molecule has 8 heteroatoms. The predicted molar refractivity (Wildman–Crippen MR) is 103 cm³/mol. The number of hydrogen-bond acceptors (Lipinski definition) is 4. The van der Waals surface area contributed by atoms with Crippen molar-refractivity contribution in [2.75, 3.05) is 19.9 Å². The standard InChI is InChI=1S/C19H22Cl2NO4.K/c1-12(2)15-7-13(3-4-19(15)24)8-16-17(20)9-14(10-18(16)21)25-11-22-26-6-5-23;/h3-4,7,9-10,12,23-24H,5-6,8,11H2,1-2H3;/q-1;+1. The zero-order valence-electron chi connectivity index (χ0n) is 15.7. The largest absolute Gasteiger partial charge is 1.00 e. The quantitative estimate of drug-likeness (QED) is 0.357. The van der Waals surface area contributed by atoms with Crippen LogP contribution in [-0.2, 0) is 11.3 Å². The van der Waals surface area contributed by atoms with E-state index in [0.29, 0.717) is 22.2 Å². The molecule has 2 rings (SSSR count). The predicted octanol–water partition coefficient (Wildman–Crippen LogP) is 2.05. The molecule has 0 aliphatic heterocycles. The van der Waals surface area contributed by atoms with Crippen LogP contribution in [0.1, 0.15) is 36.5 Å². The van der Waals surface area contributed by atoms with Gasteiger partial charge >= 0.3 is 51.4 Å². The summed E-state index contributed by atoms with van der Waals surface area (Å²) in [7, 11) is 0. The van der Waals surface area contributed by atoms with Crippen LogP contribution in [0, 0.1) is 0 Å². The molecule has 0 saturated carbocycles. The van der Waals surface area contributed by atoms with Gasteiger partial charge < -0.3 is 25.3 Å². The number of phenolic OH excluding ortho intramolecular Hbond substituents is 1. The van der Waals surface area contributed by atoms with Gasteiger partial charge in [0.25, 0.3) is 0 Å². The third kappa shape index (κ3) is 7.82. The number of phenols is 1. The molecule has 0 unspecified atom stereocenters. The number of aliphatic hydroxyl groups is 1. The summed E-state index contributed by atoms with van der Waals surface area (Å²) in [6.07, 6.45) is 0.544. The van der Waals surface area contributed by atoms with E-state index in [-0.39, 0.29) is 83.0 Å². The minimum atomic E-state index is -0.106. The molecule has 0 atom stereocenters. The summed E-state index contributed by atoms with van der Waals surface area (Å²) < 4.78 is 5.41.